The molecule has 1 aromatic rings. The fraction of sp³-hybridized carbons (Fsp3) is 0.625. The van der Waals surface area contributed by atoms with Crippen LogP contribution in [-0.2, 0) is 6.54 Å². The van der Waals surface area contributed by atoms with Crippen LogP contribution in [0.5, 0.6) is 0 Å². The molecule has 0 radical (unpaired) electrons. The summed E-state index contributed by atoms with van der Waals surface area (Å²) in [5.74, 6) is 0.766. The van der Waals surface area contributed by atoms with Crippen LogP contribution in [0.25, 0.3) is 0 Å². The number of nitrogens with zero attached hydrogens (tertiary/aromatic N) is 1. The highest BCUT2D eigenvalue weighted by atomic mass is 15.2. The minimum absolute atomic E-state index is 0.766. The van der Waals surface area contributed by atoms with Gasteiger partial charge in [0.1, 0.15) is 0 Å². The van der Waals surface area contributed by atoms with E-state index >= 15 is 0 Å². The van der Waals surface area contributed by atoms with Crippen LogP contribution in [0.2, 0.25) is 0 Å². The fourth-order valence-electron chi connectivity index (χ4n) is 4.22. The van der Waals surface area contributed by atoms with Gasteiger partial charge in [-0.15, -0.1) is 0 Å². The van der Waals surface area contributed by atoms with Crippen LogP contribution in [0.15, 0.2) is 18.2 Å². The lowest BCUT2D eigenvalue weighted by Gasteiger charge is -2.42. The lowest BCUT2D eigenvalue weighted by atomic mass is 9.83. The average molecular weight is 242 g/mol. The van der Waals surface area contributed by atoms with Gasteiger partial charge in [-0.25, -0.2) is 0 Å². The summed E-state index contributed by atoms with van der Waals surface area (Å²) in [5, 5.41) is 3.57. The largest absolute Gasteiger partial charge is 0.368 e. The van der Waals surface area contributed by atoms with Crippen LogP contribution in [-0.4, -0.2) is 19.1 Å². The average Bonchev–Trinajstić information content (AvgIpc) is 2.94. The molecule has 1 N–H and O–H groups in total. The molecule has 0 amide bonds. The molecule has 2 aliphatic heterocycles. The number of benzene rings is 1. The summed E-state index contributed by atoms with van der Waals surface area (Å²) in [6.07, 6.45) is 7.02. The first kappa shape index (κ1) is 10.9. The van der Waals surface area contributed by atoms with Crippen molar-refractivity contribution in [2.45, 2.75) is 50.6 Å². The summed E-state index contributed by atoms with van der Waals surface area (Å²) in [6, 6.07) is 7.77. The first-order valence-electron chi connectivity index (χ1n) is 7.52. The second-order valence-electron chi connectivity index (χ2n) is 6.10. The van der Waals surface area contributed by atoms with Crippen LogP contribution in [0.4, 0.5) is 5.69 Å². The van der Waals surface area contributed by atoms with Crippen molar-refractivity contribution < 1.29 is 0 Å². The Morgan fingerprint density at radius 2 is 2.00 bits per heavy atom. The number of hydrogen-bond acceptors (Lipinski definition) is 2. The molecule has 1 aromatic carbocycles. The maximum absolute atomic E-state index is 3.57. The smallest absolute Gasteiger partial charge is 0.0407 e. The molecule has 0 saturated heterocycles. The molecule has 2 heterocycles. The third kappa shape index (κ3) is 1.58. The van der Waals surface area contributed by atoms with E-state index < -0.39 is 0 Å². The Hall–Kier alpha value is -1.02. The van der Waals surface area contributed by atoms with E-state index in [4.69, 9.17) is 0 Å². The lowest BCUT2D eigenvalue weighted by molar-refractivity contribution is 0.468. The molecule has 0 spiro atoms. The van der Waals surface area contributed by atoms with Crippen molar-refractivity contribution in [2.75, 3.05) is 18.0 Å². The van der Waals surface area contributed by atoms with Crippen LogP contribution in [0.3, 0.4) is 0 Å². The minimum Gasteiger partial charge on any atom is -0.368 e. The molecule has 96 valence electrons. The van der Waals surface area contributed by atoms with Gasteiger partial charge < -0.3 is 10.2 Å². The zero-order valence-electron chi connectivity index (χ0n) is 11.0. The molecule has 1 fully saturated rings. The van der Waals surface area contributed by atoms with E-state index in [1.54, 1.807) is 16.8 Å². The molecule has 0 aromatic heterocycles. The number of hydrogen-bond donors (Lipinski definition) is 1. The molecule has 1 atom stereocenters. The second kappa shape index (κ2) is 4.27. The second-order valence-corrected chi connectivity index (χ2v) is 6.10. The summed E-state index contributed by atoms with van der Waals surface area (Å²) >= 11 is 0. The van der Waals surface area contributed by atoms with Gasteiger partial charge in [0.25, 0.3) is 0 Å². The Morgan fingerprint density at radius 3 is 2.89 bits per heavy atom. The van der Waals surface area contributed by atoms with Crippen LogP contribution < -0.4 is 10.2 Å². The van der Waals surface area contributed by atoms with E-state index in [9.17, 15) is 0 Å². The van der Waals surface area contributed by atoms with E-state index in [0.29, 0.717) is 0 Å². The van der Waals surface area contributed by atoms with Gasteiger partial charge in [0, 0.05) is 37.3 Å². The molecule has 0 bridgehead atoms. The summed E-state index contributed by atoms with van der Waals surface area (Å²) < 4.78 is 0. The maximum Gasteiger partial charge on any atom is 0.0407 e. The molecule has 1 saturated carbocycles. The third-order valence-electron chi connectivity index (χ3n) is 5.08. The van der Waals surface area contributed by atoms with E-state index in [-0.39, 0.29) is 0 Å². The van der Waals surface area contributed by atoms with Crippen molar-refractivity contribution in [1.29, 1.82) is 0 Å². The van der Waals surface area contributed by atoms with Crippen molar-refractivity contribution in [1.82, 2.24) is 5.32 Å². The predicted octanol–water partition coefficient (Wildman–Crippen LogP) is 3.03. The monoisotopic (exact) mass is 242 g/mol. The molecule has 1 unspecified atom stereocenters. The number of rotatable bonds is 1. The van der Waals surface area contributed by atoms with Gasteiger partial charge in [0.15, 0.2) is 0 Å². The van der Waals surface area contributed by atoms with E-state index in [0.717, 1.165) is 18.5 Å². The molecule has 18 heavy (non-hydrogen) atoms. The van der Waals surface area contributed by atoms with Gasteiger partial charge in [0.05, 0.1) is 0 Å². The van der Waals surface area contributed by atoms with Gasteiger partial charge in [-0.2, -0.15) is 0 Å². The van der Waals surface area contributed by atoms with Crippen molar-refractivity contribution >= 4 is 5.69 Å². The fourth-order valence-corrected chi connectivity index (χ4v) is 4.22. The Kier molecular flexibility index (Phi) is 2.58. The Balaban J connectivity index is 1.77. The zero-order valence-corrected chi connectivity index (χ0v) is 11.0. The first-order valence-corrected chi connectivity index (χ1v) is 7.52. The lowest BCUT2D eigenvalue weighted by Crippen LogP contribution is -2.42. The van der Waals surface area contributed by atoms with E-state index in [1.165, 1.54) is 45.2 Å². The Labute approximate surface area is 109 Å². The van der Waals surface area contributed by atoms with Gasteiger partial charge >= 0.3 is 0 Å². The van der Waals surface area contributed by atoms with Crippen LogP contribution >= 0.6 is 0 Å². The van der Waals surface area contributed by atoms with Gasteiger partial charge in [-0.05, 0) is 36.5 Å². The SMILES string of the molecule is c1cc2c3c(c1)N(C1CCCC1)CCC3CNC2. The van der Waals surface area contributed by atoms with Crippen molar-refractivity contribution in [3.63, 3.8) is 0 Å². The first-order chi connectivity index (χ1) is 8.93. The molecule has 4 rings (SSSR count). The maximum atomic E-state index is 3.57. The molecular formula is C16H22N2. The summed E-state index contributed by atoms with van der Waals surface area (Å²) in [5.41, 5.74) is 4.79. The summed E-state index contributed by atoms with van der Waals surface area (Å²) in [7, 11) is 0. The molecule has 3 aliphatic rings. The van der Waals surface area contributed by atoms with Crippen LogP contribution in [0, 0.1) is 0 Å². The van der Waals surface area contributed by atoms with E-state index in [2.05, 4.69) is 28.4 Å². The van der Waals surface area contributed by atoms with Crippen molar-refractivity contribution in [3.8, 4) is 0 Å². The summed E-state index contributed by atoms with van der Waals surface area (Å²) in [4.78, 5) is 2.73. The molecular weight excluding hydrogens is 220 g/mol. The molecule has 2 heteroatoms. The van der Waals surface area contributed by atoms with Gasteiger partial charge in [-0.3, -0.25) is 0 Å². The standard InChI is InChI=1S/C16H22N2/c1-2-6-14(5-1)18-9-8-13-11-17-10-12-4-3-7-15(18)16(12)13/h3-4,7,13-14,17H,1-2,5-6,8-11H2. The number of nitrogens with one attached hydrogen (secondary N) is 1. The van der Waals surface area contributed by atoms with Crippen LogP contribution in [0.1, 0.15) is 49.1 Å². The normalized spacial score (nSPS) is 27.3. The highest BCUT2D eigenvalue weighted by Crippen LogP contribution is 2.42. The molecule has 2 nitrogen and oxygen atoms in total. The van der Waals surface area contributed by atoms with E-state index in [1.807, 2.05) is 0 Å². The zero-order chi connectivity index (χ0) is 11.9. The Morgan fingerprint density at radius 1 is 1.11 bits per heavy atom. The van der Waals surface area contributed by atoms with Gasteiger partial charge in [0.2, 0.25) is 0 Å². The minimum atomic E-state index is 0.766. The van der Waals surface area contributed by atoms with Crippen molar-refractivity contribution in [2.24, 2.45) is 0 Å². The highest BCUT2D eigenvalue weighted by Gasteiger charge is 2.33. The summed E-state index contributed by atoms with van der Waals surface area (Å²) in [6.45, 7) is 3.52. The predicted molar refractivity (Wildman–Crippen MR) is 75.1 cm³/mol. The molecule has 1 aliphatic carbocycles. The quantitative estimate of drug-likeness (QED) is 0.814. The highest BCUT2D eigenvalue weighted by molar-refractivity contribution is 5.61. The van der Waals surface area contributed by atoms with Crippen molar-refractivity contribution in [3.05, 3.63) is 29.3 Å². The number of anilines is 1. The van der Waals surface area contributed by atoms with Gasteiger partial charge in [-0.1, -0.05) is 25.0 Å². The Bertz CT molecular complexity index is 448. The topological polar surface area (TPSA) is 15.3 Å². The third-order valence-corrected chi connectivity index (χ3v) is 5.08.